The summed E-state index contributed by atoms with van der Waals surface area (Å²) in [4.78, 5) is 50.6. The second kappa shape index (κ2) is 10.3. The van der Waals surface area contributed by atoms with Crippen molar-refractivity contribution in [3.8, 4) is 11.5 Å². The van der Waals surface area contributed by atoms with E-state index < -0.39 is 29.4 Å². The summed E-state index contributed by atoms with van der Waals surface area (Å²) in [5, 5.41) is 10.8. The smallest absolute Gasteiger partial charge is 0.329 e. The Balaban J connectivity index is 1.22. The van der Waals surface area contributed by atoms with E-state index in [1.165, 1.54) is 17.0 Å². The molecule has 1 amide bonds. The molecule has 1 aromatic carbocycles. The van der Waals surface area contributed by atoms with Crippen molar-refractivity contribution in [3.63, 3.8) is 0 Å². The Bertz CT molecular complexity index is 1440. The average Bonchev–Trinajstić information content (AvgIpc) is 3.70. The Hall–Kier alpha value is -4.19. The lowest BCUT2D eigenvalue weighted by Crippen LogP contribution is -2.41. The summed E-state index contributed by atoms with van der Waals surface area (Å²) < 4.78 is 18.2. The van der Waals surface area contributed by atoms with Gasteiger partial charge in [-0.3, -0.25) is 19.7 Å². The van der Waals surface area contributed by atoms with Crippen LogP contribution in [0.2, 0.25) is 0 Å². The van der Waals surface area contributed by atoms with E-state index in [1.807, 2.05) is 36.6 Å². The number of rotatable bonds is 8. The van der Waals surface area contributed by atoms with Gasteiger partial charge in [0, 0.05) is 36.1 Å². The predicted molar refractivity (Wildman–Crippen MR) is 136 cm³/mol. The first-order valence-corrected chi connectivity index (χ1v) is 12.8. The van der Waals surface area contributed by atoms with E-state index in [0.717, 1.165) is 28.3 Å². The highest BCUT2D eigenvalue weighted by Gasteiger charge is 2.37. The molecular weight excluding hydrogens is 514 g/mol. The molecule has 0 bridgehead atoms. The first-order chi connectivity index (χ1) is 18.2. The van der Waals surface area contributed by atoms with Crippen LogP contribution in [-0.2, 0) is 16.1 Å². The number of hydrogen-bond donors (Lipinski definition) is 0. The van der Waals surface area contributed by atoms with Crippen LogP contribution in [0.3, 0.4) is 0 Å². The summed E-state index contributed by atoms with van der Waals surface area (Å²) in [6.07, 6.45) is 0.990. The highest BCUT2D eigenvalue weighted by atomic mass is 32.1. The summed E-state index contributed by atoms with van der Waals surface area (Å²) in [7, 11) is 0. The number of aromatic nitrogens is 1. The molecule has 4 heterocycles. The molecule has 3 aromatic rings. The number of hydrogen-bond acceptors (Lipinski definition) is 9. The lowest BCUT2D eigenvalue weighted by molar-refractivity contribution is -0.380. The van der Waals surface area contributed by atoms with E-state index in [0.29, 0.717) is 43.0 Å². The first kappa shape index (κ1) is 25.5. The van der Waals surface area contributed by atoms with Gasteiger partial charge in [0.2, 0.25) is 12.6 Å². The number of nitrogens with zero attached hydrogens (tertiary/aromatic N) is 3. The van der Waals surface area contributed by atoms with Crippen LogP contribution in [0.1, 0.15) is 49.8 Å². The van der Waals surface area contributed by atoms with Gasteiger partial charge in [-0.2, -0.15) is 0 Å². The van der Waals surface area contributed by atoms with Gasteiger partial charge < -0.3 is 23.7 Å². The molecule has 2 aliphatic heterocycles. The van der Waals surface area contributed by atoms with Crippen LogP contribution in [0.15, 0.2) is 36.4 Å². The van der Waals surface area contributed by atoms with Gasteiger partial charge in [0.1, 0.15) is 6.04 Å². The zero-order valence-electron chi connectivity index (χ0n) is 20.8. The molecule has 5 rings (SSSR count). The number of carbonyl (C=O) groups excluding carboxylic acids is 3. The normalized spacial score (nSPS) is 16.1. The highest BCUT2D eigenvalue weighted by Crippen LogP contribution is 2.33. The van der Waals surface area contributed by atoms with Crippen LogP contribution in [0.4, 0.5) is 5.00 Å². The molecule has 2 aromatic heterocycles. The van der Waals surface area contributed by atoms with Gasteiger partial charge in [-0.25, -0.2) is 4.79 Å². The molecule has 2 aliphatic rings. The number of Topliss-reactive ketones (excluding diaryl/α,β-unsaturated/α-hetero) is 1. The fourth-order valence-corrected chi connectivity index (χ4v) is 5.57. The van der Waals surface area contributed by atoms with Gasteiger partial charge in [0.15, 0.2) is 18.1 Å². The molecule has 38 heavy (non-hydrogen) atoms. The Kier molecular flexibility index (Phi) is 6.89. The van der Waals surface area contributed by atoms with Gasteiger partial charge in [0.25, 0.3) is 5.91 Å². The second-order valence-electron chi connectivity index (χ2n) is 9.14. The monoisotopic (exact) mass is 539 g/mol. The summed E-state index contributed by atoms with van der Waals surface area (Å²) in [5.41, 5.74) is 3.08. The minimum atomic E-state index is -0.838. The van der Waals surface area contributed by atoms with Crippen molar-refractivity contribution >= 4 is 34.0 Å². The van der Waals surface area contributed by atoms with Crippen molar-refractivity contribution < 1.29 is 33.5 Å². The first-order valence-electron chi connectivity index (χ1n) is 12.0. The lowest BCUT2D eigenvalue weighted by Gasteiger charge is -2.22. The molecule has 0 aliphatic carbocycles. The molecule has 1 saturated heterocycles. The number of fused-ring (bicyclic) bond motifs is 1. The molecule has 0 spiro atoms. The largest absolute Gasteiger partial charge is 0.456 e. The summed E-state index contributed by atoms with van der Waals surface area (Å²) in [5.74, 6) is -0.0740. The van der Waals surface area contributed by atoms with Gasteiger partial charge in [-0.15, -0.1) is 0 Å². The zero-order chi connectivity index (χ0) is 27.0. The Morgan fingerprint density at radius 3 is 2.68 bits per heavy atom. The van der Waals surface area contributed by atoms with E-state index in [9.17, 15) is 24.5 Å². The van der Waals surface area contributed by atoms with Crippen LogP contribution in [0, 0.1) is 24.0 Å². The van der Waals surface area contributed by atoms with E-state index in [1.54, 1.807) is 6.07 Å². The number of benzene rings is 1. The summed E-state index contributed by atoms with van der Waals surface area (Å²) >= 11 is 0.765. The highest BCUT2D eigenvalue weighted by molar-refractivity contribution is 7.17. The maximum Gasteiger partial charge on any atom is 0.329 e. The molecule has 1 unspecified atom stereocenters. The quantitative estimate of drug-likeness (QED) is 0.182. The zero-order valence-corrected chi connectivity index (χ0v) is 21.6. The number of thiophene rings is 1. The van der Waals surface area contributed by atoms with Gasteiger partial charge in [-0.05, 0) is 56.5 Å². The summed E-state index contributed by atoms with van der Waals surface area (Å²) in [6.45, 7) is 4.35. The van der Waals surface area contributed by atoms with Crippen molar-refractivity contribution in [1.29, 1.82) is 0 Å². The number of nitro groups is 1. The van der Waals surface area contributed by atoms with Gasteiger partial charge in [0.05, 0.1) is 9.80 Å². The number of amides is 1. The molecule has 0 radical (unpaired) electrons. The summed E-state index contributed by atoms with van der Waals surface area (Å²) in [6, 6.07) is 9.29. The molecular formula is C26H25N3O8S. The molecule has 0 N–H and O–H groups in total. The van der Waals surface area contributed by atoms with Crippen molar-refractivity contribution in [2.24, 2.45) is 0 Å². The SMILES string of the molecule is Cc1cc(C(=O)COC(=O)C2CCCN2C(=O)c2ccc([N+](=O)[O-])s2)c(C)n1Cc1ccc2c(c1)OCO2. The van der Waals surface area contributed by atoms with E-state index >= 15 is 0 Å². The predicted octanol–water partition coefficient (Wildman–Crippen LogP) is 3.88. The average molecular weight is 540 g/mol. The van der Waals surface area contributed by atoms with Crippen LogP contribution in [-0.4, -0.2) is 58.0 Å². The van der Waals surface area contributed by atoms with Gasteiger partial charge in [-0.1, -0.05) is 17.4 Å². The molecule has 12 heteroatoms. The Labute approximate surface area is 221 Å². The molecule has 11 nitrogen and oxygen atoms in total. The number of likely N-dealkylation sites (tertiary alicyclic amines) is 1. The van der Waals surface area contributed by atoms with Crippen molar-refractivity contribution in [2.75, 3.05) is 19.9 Å². The fraction of sp³-hybridized carbons (Fsp3) is 0.346. The van der Waals surface area contributed by atoms with Crippen molar-refractivity contribution in [1.82, 2.24) is 9.47 Å². The maximum absolute atomic E-state index is 13.0. The van der Waals surface area contributed by atoms with Crippen LogP contribution in [0.5, 0.6) is 11.5 Å². The Morgan fingerprint density at radius 1 is 1.13 bits per heavy atom. The topological polar surface area (TPSA) is 130 Å². The molecule has 0 saturated carbocycles. The number of carbonyl (C=O) groups is 3. The van der Waals surface area contributed by atoms with Crippen molar-refractivity contribution in [3.05, 3.63) is 73.9 Å². The van der Waals surface area contributed by atoms with Gasteiger partial charge >= 0.3 is 11.0 Å². The van der Waals surface area contributed by atoms with Crippen LogP contribution in [0.25, 0.3) is 0 Å². The third-order valence-corrected chi connectivity index (χ3v) is 7.79. The molecule has 198 valence electrons. The minimum Gasteiger partial charge on any atom is -0.456 e. The molecule has 1 atom stereocenters. The third kappa shape index (κ3) is 4.86. The Morgan fingerprint density at radius 2 is 1.92 bits per heavy atom. The van der Waals surface area contributed by atoms with Crippen LogP contribution < -0.4 is 9.47 Å². The number of aryl methyl sites for hydroxylation is 1. The molecule has 1 fully saturated rings. The minimum absolute atomic E-state index is 0.145. The number of ether oxygens (including phenoxy) is 3. The fourth-order valence-electron chi connectivity index (χ4n) is 4.80. The van der Waals surface area contributed by atoms with Crippen molar-refractivity contribution in [2.45, 2.75) is 39.3 Å². The maximum atomic E-state index is 13.0. The lowest BCUT2D eigenvalue weighted by atomic mass is 10.1. The third-order valence-electron chi connectivity index (χ3n) is 6.77. The van der Waals surface area contributed by atoms with E-state index in [-0.39, 0.29) is 22.5 Å². The standard InChI is InChI=1S/C26H25N3O8S/c1-15-10-18(16(2)28(15)12-17-5-6-21-22(11-17)37-14-36-21)20(30)13-35-26(32)19-4-3-9-27(19)25(31)23-7-8-24(38-23)29(33)34/h5-8,10-11,19H,3-4,9,12-14H2,1-2H3. The number of ketones is 1. The second-order valence-corrected chi connectivity index (χ2v) is 10.2. The van der Waals surface area contributed by atoms with E-state index in [4.69, 9.17) is 14.2 Å². The van der Waals surface area contributed by atoms with E-state index in [2.05, 4.69) is 0 Å². The van der Waals surface area contributed by atoms with Crippen LogP contribution >= 0.6 is 11.3 Å². The number of esters is 1.